The Hall–Kier alpha value is -2.43. The lowest BCUT2D eigenvalue weighted by Gasteiger charge is -2.29. The van der Waals surface area contributed by atoms with E-state index in [4.69, 9.17) is 14.6 Å². The van der Waals surface area contributed by atoms with Gasteiger partial charge in [-0.2, -0.15) is 5.26 Å². The van der Waals surface area contributed by atoms with Gasteiger partial charge in [0.15, 0.2) is 0 Å². The van der Waals surface area contributed by atoms with Gasteiger partial charge in [0.25, 0.3) is 0 Å². The topological polar surface area (TPSA) is 109 Å². The third-order valence-electron chi connectivity index (χ3n) is 3.80. The van der Waals surface area contributed by atoms with Gasteiger partial charge in [-0.05, 0) is 36.6 Å². The van der Waals surface area contributed by atoms with E-state index in [-0.39, 0.29) is 12.2 Å². The second-order valence-corrected chi connectivity index (χ2v) is 5.42. The summed E-state index contributed by atoms with van der Waals surface area (Å²) in [6.07, 6.45) is 0.637. The number of hydrogen-bond acceptors (Lipinski definition) is 5. The van der Waals surface area contributed by atoms with Crippen LogP contribution in [0.5, 0.6) is 0 Å². The molecule has 0 atom stereocenters. The Balaban J connectivity index is 2.26. The van der Waals surface area contributed by atoms with Crippen molar-refractivity contribution in [1.29, 1.82) is 5.26 Å². The van der Waals surface area contributed by atoms with Crippen molar-refractivity contribution >= 4 is 17.6 Å². The number of methoxy groups -OCH3 is 1. The zero-order chi connectivity index (χ0) is 16.9. The zero-order valence-corrected chi connectivity index (χ0v) is 12.8. The van der Waals surface area contributed by atoms with Crippen LogP contribution in [0.15, 0.2) is 18.2 Å². The number of carbonyl (C=O) groups excluding carboxylic acids is 1. The molecule has 0 radical (unpaired) electrons. The van der Waals surface area contributed by atoms with Crippen LogP contribution >= 0.6 is 0 Å². The van der Waals surface area contributed by atoms with Crippen molar-refractivity contribution in [2.45, 2.75) is 19.4 Å². The Bertz CT molecular complexity index is 644. The maximum atomic E-state index is 12.5. The quantitative estimate of drug-likeness (QED) is 0.856. The molecule has 0 bridgehead atoms. The number of rotatable bonds is 5. The molecule has 1 heterocycles. The lowest BCUT2D eigenvalue weighted by Crippen LogP contribution is -2.40. The van der Waals surface area contributed by atoms with Crippen LogP contribution < -0.4 is 5.32 Å². The molecule has 23 heavy (non-hydrogen) atoms. The predicted molar refractivity (Wildman–Crippen MR) is 80.8 cm³/mol. The second kappa shape index (κ2) is 7.22. The maximum absolute atomic E-state index is 12.5. The molecule has 0 aromatic heterocycles. The molecule has 122 valence electrons. The first-order chi connectivity index (χ1) is 11.0. The van der Waals surface area contributed by atoms with Gasteiger partial charge in [-0.15, -0.1) is 0 Å². The lowest BCUT2D eigenvalue weighted by molar-refractivity contribution is -0.126. The van der Waals surface area contributed by atoms with Crippen LogP contribution in [0.2, 0.25) is 0 Å². The van der Waals surface area contributed by atoms with E-state index in [1.807, 2.05) is 0 Å². The molecule has 2 N–H and O–H groups in total. The Morgan fingerprint density at radius 2 is 2.09 bits per heavy atom. The van der Waals surface area contributed by atoms with Crippen LogP contribution in [0.25, 0.3) is 0 Å². The predicted octanol–water partition coefficient (Wildman–Crippen LogP) is 1.79. The third kappa shape index (κ3) is 3.86. The summed E-state index contributed by atoms with van der Waals surface area (Å²) in [6.45, 7) is 0.928. The number of nitrogens with one attached hydrogen (secondary N) is 1. The van der Waals surface area contributed by atoms with Crippen LogP contribution in [0.4, 0.5) is 5.69 Å². The molecule has 7 heteroatoms. The maximum Gasteiger partial charge on any atom is 0.335 e. The Morgan fingerprint density at radius 3 is 2.65 bits per heavy atom. The number of ether oxygens (including phenoxy) is 2. The summed E-state index contributed by atoms with van der Waals surface area (Å²) in [5.41, 5.74) is -0.129. The number of anilines is 1. The van der Waals surface area contributed by atoms with Crippen molar-refractivity contribution in [2.24, 2.45) is 5.41 Å². The summed E-state index contributed by atoms with van der Waals surface area (Å²) in [5.74, 6) is -1.53. The van der Waals surface area contributed by atoms with Gasteiger partial charge in [0.05, 0.1) is 18.2 Å². The molecule has 7 nitrogen and oxygen atoms in total. The van der Waals surface area contributed by atoms with Gasteiger partial charge in [0.2, 0.25) is 5.91 Å². The van der Waals surface area contributed by atoms with Gasteiger partial charge in [0, 0.05) is 26.0 Å². The average molecular weight is 318 g/mol. The van der Waals surface area contributed by atoms with Crippen LogP contribution in [-0.2, 0) is 20.9 Å². The standard InChI is InChI=1S/C16H18N2O5/c1-22-9-11-6-12(14(19)20)8-13(7-11)18-15(21)16(10-17)2-4-23-5-3-16/h6-8H,2-5,9H2,1H3,(H,18,21)(H,19,20). The van der Waals surface area contributed by atoms with Crippen LogP contribution in [-0.4, -0.2) is 37.3 Å². The fraction of sp³-hybridized carbons (Fsp3) is 0.438. The number of carboxylic acids is 1. The number of benzene rings is 1. The second-order valence-electron chi connectivity index (χ2n) is 5.42. The Labute approximate surface area is 133 Å². The summed E-state index contributed by atoms with van der Waals surface area (Å²) in [4.78, 5) is 23.7. The first kappa shape index (κ1) is 16.9. The van der Waals surface area contributed by atoms with Crippen molar-refractivity contribution in [1.82, 2.24) is 0 Å². The number of nitrogens with zero attached hydrogens (tertiary/aromatic N) is 1. The smallest absolute Gasteiger partial charge is 0.335 e. The van der Waals surface area contributed by atoms with E-state index in [1.165, 1.54) is 19.2 Å². The summed E-state index contributed by atoms with van der Waals surface area (Å²) in [5, 5.41) is 21.2. The summed E-state index contributed by atoms with van der Waals surface area (Å²) < 4.78 is 10.2. The molecule has 1 aliphatic rings. The Kier molecular flexibility index (Phi) is 5.32. The van der Waals surface area contributed by atoms with Crippen LogP contribution in [0.1, 0.15) is 28.8 Å². The first-order valence-electron chi connectivity index (χ1n) is 7.17. The van der Waals surface area contributed by atoms with Gasteiger partial charge >= 0.3 is 5.97 Å². The summed E-state index contributed by atoms with van der Waals surface area (Å²) >= 11 is 0. The zero-order valence-electron chi connectivity index (χ0n) is 12.8. The fourth-order valence-electron chi connectivity index (χ4n) is 2.50. The molecule has 1 amide bonds. The summed E-state index contributed by atoms with van der Waals surface area (Å²) in [7, 11) is 1.50. The fourth-order valence-corrected chi connectivity index (χ4v) is 2.50. The molecule has 0 spiro atoms. The highest BCUT2D eigenvalue weighted by atomic mass is 16.5. The highest BCUT2D eigenvalue weighted by Gasteiger charge is 2.40. The van der Waals surface area contributed by atoms with Crippen molar-refractivity contribution in [3.8, 4) is 6.07 Å². The minimum Gasteiger partial charge on any atom is -0.478 e. The monoisotopic (exact) mass is 318 g/mol. The third-order valence-corrected chi connectivity index (χ3v) is 3.80. The normalized spacial score (nSPS) is 16.3. The van der Waals surface area contributed by atoms with Crippen LogP contribution in [0.3, 0.4) is 0 Å². The number of carboxylic acid groups (broad SMARTS) is 1. The highest BCUT2D eigenvalue weighted by molar-refractivity contribution is 5.98. The number of amides is 1. The van der Waals surface area contributed by atoms with Gasteiger partial charge < -0.3 is 19.9 Å². The molecule has 1 aromatic rings. The minimum absolute atomic E-state index is 0.0489. The largest absolute Gasteiger partial charge is 0.478 e. The van der Waals surface area contributed by atoms with Gasteiger partial charge in [-0.1, -0.05) is 0 Å². The lowest BCUT2D eigenvalue weighted by atomic mass is 9.81. The van der Waals surface area contributed by atoms with Gasteiger partial charge in [0.1, 0.15) is 5.41 Å². The SMILES string of the molecule is COCc1cc(NC(=O)C2(C#N)CCOCC2)cc(C(=O)O)c1. The summed E-state index contributed by atoms with van der Waals surface area (Å²) in [6, 6.07) is 6.57. The van der Waals surface area contributed by atoms with Gasteiger partial charge in [-0.3, -0.25) is 4.79 Å². The first-order valence-corrected chi connectivity index (χ1v) is 7.17. The van der Waals surface area contributed by atoms with E-state index in [2.05, 4.69) is 11.4 Å². The van der Waals surface area contributed by atoms with Crippen molar-refractivity contribution in [3.05, 3.63) is 29.3 Å². The average Bonchev–Trinajstić information content (AvgIpc) is 2.55. The molecule has 0 aliphatic carbocycles. The van der Waals surface area contributed by atoms with Crippen LogP contribution in [0, 0.1) is 16.7 Å². The van der Waals surface area contributed by atoms with Crippen molar-refractivity contribution < 1.29 is 24.2 Å². The Morgan fingerprint density at radius 1 is 1.39 bits per heavy atom. The number of hydrogen-bond donors (Lipinski definition) is 2. The molecule has 0 unspecified atom stereocenters. The molecular weight excluding hydrogens is 300 g/mol. The highest BCUT2D eigenvalue weighted by Crippen LogP contribution is 2.31. The van der Waals surface area contributed by atoms with Gasteiger partial charge in [-0.25, -0.2) is 4.79 Å². The molecule has 1 fully saturated rings. The number of aromatic carboxylic acids is 1. The molecular formula is C16H18N2O5. The van der Waals surface area contributed by atoms with E-state index in [0.29, 0.717) is 37.3 Å². The molecule has 1 aliphatic heterocycles. The number of carbonyl (C=O) groups is 2. The van der Waals surface area contributed by atoms with E-state index < -0.39 is 17.3 Å². The van der Waals surface area contributed by atoms with Crippen molar-refractivity contribution in [2.75, 3.05) is 25.6 Å². The van der Waals surface area contributed by atoms with E-state index in [0.717, 1.165) is 0 Å². The van der Waals surface area contributed by atoms with E-state index in [9.17, 15) is 14.9 Å². The number of nitriles is 1. The molecule has 1 aromatic carbocycles. The van der Waals surface area contributed by atoms with E-state index in [1.54, 1.807) is 6.07 Å². The molecule has 1 saturated heterocycles. The van der Waals surface area contributed by atoms with Crippen molar-refractivity contribution in [3.63, 3.8) is 0 Å². The molecule has 2 rings (SSSR count). The molecule has 0 saturated carbocycles. The van der Waals surface area contributed by atoms with E-state index >= 15 is 0 Å². The minimum atomic E-state index is -1.14.